The van der Waals surface area contributed by atoms with E-state index >= 15 is 0 Å². The molecule has 0 spiro atoms. The maximum atomic E-state index is 9.31. The Labute approximate surface area is 102 Å². The van der Waals surface area contributed by atoms with Crippen LogP contribution in [0.3, 0.4) is 0 Å². The van der Waals surface area contributed by atoms with Crippen LogP contribution in [0.5, 0.6) is 5.88 Å². The van der Waals surface area contributed by atoms with Crippen LogP contribution >= 0.6 is 0 Å². The molecule has 1 rings (SSSR count). The van der Waals surface area contributed by atoms with Crippen LogP contribution in [-0.2, 0) is 0 Å². The number of aliphatic hydroxyl groups is 1. The third-order valence-corrected chi connectivity index (χ3v) is 2.63. The predicted octanol–water partition coefficient (Wildman–Crippen LogP) is 1.84. The van der Waals surface area contributed by atoms with Crippen LogP contribution in [0.2, 0.25) is 0 Å². The SMILES string of the molecule is CCCOc1ccnc(NC(C)(CC)CO)n1. The summed E-state index contributed by atoms with van der Waals surface area (Å²) in [5.74, 6) is 1.04. The van der Waals surface area contributed by atoms with Gasteiger partial charge in [-0.2, -0.15) is 4.98 Å². The minimum absolute atomic E-state index is 0.0346. The average molecular weight is 239 g/mol. The molecule has 0 fully saturated rings. The number of anilines is 1. The molecular formula is C12H21N3O2. The van der Waals surface area contributed by atoms with Gasteiger partial charge < -0.3 is 15.2 Å². The van der Waals surface area contributed by atoms with Gasteiger partial charge in [0.2, 0.25) is 11.8 Å². The summed E-state index contributed by atoms with van der Waals surface area (Å²) in [7, 11) is 0. The fourth-order valence-corrected chi connectivity index (χ4v) is 1.20. The first-order chi connectivity index (χ1) is 8.13. The van der Waals surface area contributed by atoms with Gasteiger partial charge in [-0.25, -0.2) is 4.98 Å². The first-order valence-corrected chi connectivity index (χ1v) is 5.98. The zero-order valence-corrected chi connectivity index (χ0v) is 10.7. The second kappa shape index (κ2) is 6.39. The third kappa shape index (κ3) is 4.19. The highest BCUT2D eigenvalue weighted by Gasteiger charge is 2.21. The number of nitrogens with one attached hydrogen (secondary N) is 1. The standard InChI is InChI=1S/C12H21N3O2/c1-4-8-17-10-6-7-13-11(14-10)15-12(3,5-2)9-16/h6-7,16H,4-5,8-9H2,1-3H3,(H,13,14,15). The third-order valence-electron chi connectivity index (χ3n) is 2.63. The number of nitrogens with zero attached hydrogens (tertiary/aromatic N) is 2. The van der Waals surface area contributed by atoms with Crippen molar-refractivity contribution in [3.05, 3.63) is 12.3 Å². The van der Waals surface area contributed by atoms with Crippen LogP contribution in [0.15, 0.2) is 12.3 Å². The van der Waals surface area contributed by atoms with Crippen molar-refractivity contribution in [1.29, 1.82) is 0 Å². The molecule has 0 saturated carbocycles. The maximum absolute atomic E-state index is 9.31. The van der Waals surface area contributed by atoms with Crippen molar-refractivity contribution in [2.75, 3.05) is 18.5 Å². The molecule has 1 unspecified atom stereocenters. The summed E-state index contributed by atoms with van der Waals surface area (Å²) in [4.78, 5) is 8.35. The van der Waals surface area contributed by atoms with E-state index in [-0.39, 0.29) is 6.61 Å². The van der Waals surface area contributed by atoms with E-state index in [1.807, 2.05) is 20.8 Å². The number of hydrogen-bond acceptors (Lipinski definition) is 5. The van der Waals surface area contributed by atoms with Gasteiger partial charge in [0.1, 0.15) is 0 Å². The smallest absolute Gasteiger partial charge is 0.226 e. The zero-order chi connectivity index (χ0) is 12.7. The molecule has 1 atom stereocenters. The fraction of sp³-hybridized carbons (Fsp3) is 0.667. The van der Waals surface area contributed by atoms with E-state index in [1.165, 1.54) is 0 Å². The largest absolute Gasteiger partial charge is 0.478 e. The highest BCUT2D eigenvalue weighted by molar-refractivity contribution is 5.31. The van der Waals surface area contributed by atoms with Crippen LogP contribution in [0.25, 0.3) is 0 Å². The summed E-state index contributed by atoms with van der Waals surface area (Å²) in [6, 6.07) is 1.73. The number of aromatic nitrogens is 2. The molecule has 96 valence electrons. The molecule has 0 radical (unpaired) electrons. The highest BCUT2D eigenvalue weighted by Crippen LogP contribution is 2.16. The van der Waals surface area contributed by atoms with E-state index in [2.05, 4.69) is 15.3 Å². The Hall–Kier alpha value is -1.36. The van der Waals surface area contributed by atoms with E-state index in [9.17, 15) is 5.11 Å². The number of aliphatic hydroxyl groups excluding tert-OH is 1. The van der Waals surface area contributed by atoms with Gasteiger partial charge in [-0.3, -0.25) is 0 Å². The van der Waals surface area contributed by atoms with Gasteiger partial charge in [-0.05, 0) is 19.8 Å². The second-order valence-electron chi connectivity index (χ2n) is 4.26. The molecule has 17 heavy (non-hydrogen) atoms. The molecule has 0 aliphatic rings. The Kier molecular flexibility index (Phi) is 5.15. The zero-order valence-electron chi connectivity index (χ0n) is 10.7. The van der Waals surface area contributed by atoms with Crippen LogP contribution in [0.4, 0.5) is 5.95 Å². The van der Waals surface area contributed by atoms with Crippen molar-refractivity contribution in [2.45, 2.75) is 39.2 Å². The second-order valence-corrected chi connectivity index (χ2v) is 4.26. The molecule has 1 aromatic heterocycles. The lowest BCUT2D eigenvalue weighted by molar-refractivity contribution is 0.218. The molecule has 0 saturated heterocycles. The molecule has 1 heterocycles. The molecular weight excluding hydrogens is 218 g/mol. The van der Waals surface area contributed by atoms with E-state index < -0.39 is 5.54 Å². The summed E-state index contributed by atoms with van der Waals surface area (Å²) in [5.41, 5.74) is -0.399. The Morgan fingerprint density at radius 3 is 2.82 bits per heavy atom. The number of hydrogen-bond donors (Lipinski definition) is 2. The summed E-state index contributed by atoms with van der Waals surface area (Å²) < 4.78 is 5.42. The molecule has 0 bridgehead atoms. The lowest BCUT2D eigenvalue weighted by Gasteiger charge is -2.27. The van der Waals surface area contributed by atoms with E-state index in [0.717, 1.165) is 12.8 Å². The first kappa shape index (κ1) is 13.7. The minimum atomic E-state index is -0.399. The Bertz CT molecular complexity index is 340. The topological polar surface area (TPSA) is 67.3 Å². The van der Waals surface area contributed by atoms with Crippen LogP contribution in [0, 0.1) is 0 Å². The van der Waals surface area contributed by atoms with E-state index in [4.69, 9.17) is 4.74 Å². The molecule has 5 heteroatoms. The quantitative estimate of drug-likeness (QED) is 0.760. The monoisotopic (exact) mass is 239 g/mol. The number of ether oxygens (including phenoxy) is 1. The first-order valence-electron chi connectivity index (χ1n) is 5.98. The lowest BCUT2D eigenvalue weighted by Crippen LogP contribution is -2.38. The van der Waals surface area contributed by atoms with Crippen molar-refractivity contribution in [1.82, 2.24) is 9.97 Å². The van der Waals surface area contributed by atoms with Gasteiger partial charge in [-0.1, -0.05) is 13.8 Å². The van der Waals surface area contributed by atoms with Crippen molar-refractivity contribution in [3.63, 3.8) is 0 Å². The fourth-order valence-electron chi connectivity index (χ4n) is 1.20. The molecule has 0 aliphatic carbocycles. The normalized spacial score (nSPS) is 14.1. The van der Waals surface area contributed by atoms with Crippen LogP contribution < -0.4 is 10.1 Å². The minimum Gasteiger partial charge on any atom is -0.478 e. The molecule has 2 N–H and O–H groups in total. The Balaban J connectivity index is 2.71. The summed E-state index contributed by atoms with van der Waals surface area (Å²) in [5, 5.41) is 12.4. The van der Waals surface area contributed by atoms with Crippen molar-refractivity contribution in [2.24, 2.45) is 0 Å². The van der Waals surface area contributed by atoms with Crippen molar-refractivity contribution < 1.29 is 9.84 Å². The van der Waals surface area contributed by atoms with Crippen LogP contribution in [-0.4, -0.2) is 33.8 Å². The van der Waals surface area contributed by atoms with Gasteiger partial charge >= 0.3 is 0 Å². The molecule has 0 amide bonds. The van der Waals surface area contributed by atoms with Gasteiger partial charge in [0.15, 0.2) is 0 Å². The molecule has 1 aromatic rings. The molecule has 0 aromatic carbocycles. The Morgan fingerprint density at radius 2 is 2.24 bits per heavy atom. The van der Waals surface area contributed by atoms with Crippen molar-refractivity contribution >= 4 is 5.95 Å². The summed E-state index contributed by atoms with van der Waals surface area (Å²) >= 11 is 0. The maximum Gasteiger partial charge on any atom is 0.226 e. The predicted molar refractivity (Wildman–Crippen MR) is 67.2 cm³/mol. The number of rotatable bonds is 7. The van der Waals surface area contributed by atoms with Crippen LogP contribution in [0.1, 0.15) is 33.6 Å². The highest BCUT2D eigenvalue weighted by atomic mass is 16.5. The van der Waals surface area contributed by atoms with E-state index in [1.54, 1.807) is 12.3 Å². The van der Waals surface area contributed by atoms with Gasteiger partial charge in [0, 0.05) is 12.3 Å². The van der Waals surface area contributed by atoms with Gasteiger partial charge in [-0.15, -0.1) is 0 Å². The Morgan fingerprint density at radius 1 is 1.47 bits per heavy atom. The van der Waals surface area contributed by atoms with Crippen molar-refractivity contribution in [3.8, 4) is 5.88 Å². The lowest BCUT2D eigenvalue weighted by atomic mass is 10.0. The average Bonchev–Trinajstić information content (AvgIpc) is 2.36. The van der Waals surface area contributed by atoms with Gasteiger partial charge in [0.05, 0.1) is 18.8 Å². The summed E-state index contributed by atoms with van der Waals surface area (Å²) in [6.45, 7) is 6.64. The summed E-state index contributed by atoms with van der Waals surface area (Å²) in [6.07, 6.45) is 3.37. The molecule has 0 aliphatic heterocycles. The molecule has 5 nitrogen and oxygen atoms in total. The van der Waals surface area contributed by atoms with Gasteiger partial charge in [0.25, 0.3) is 0 Å². The van der Waals surface area contributed by atoms with E-state index in [0.29, 0.717) is 18.4 Å².